The van der Waals surface area contributed by atoms with Crippen molar-refractivity contribution in [1.29, 1.82) is 0 Å². The van der Waals surface area contributed by atoms with Crippen LogP contribution < -0.4 is 15.8 Å². The summed E-state index contributed by atoms with van der Waals surface area (Å²) in [6.45, 7) is 2.32. The van der Waals surface area contributed by atoms with E-state index in [-0.39, 0.29) is 5.56 Å². The van der Waals surface area contributed by atoms with Crippen LogP contribution in [-0.4, -0.2) is 12.5 Å². The number of halogens is 1. The quantitative estimate of drug-likeness (QED) is 0.842. The molecule has 2 aromatic carbocycles. The molecule has 104 valence electrons. The Kier molecular flexibility index (Phi) is 4.20. The van der Waals surface area contributed by atoms with Crippen LogP contribution in [0.15, 0.2) is 42.5 Å². The molecule has 0 atom stereocenters. The molecule has 0 aliphatic rings. The Bertz CT molecular complexity index is 629. The van der Waals surface area contributed by atoms with Crippen molar-refractivity contribution in [3.05, 3.63) is 53.8 Å². The molecule has 4 nitrogen and oxygen atoms in total. The Hall–Kier alpha value is -2.56. The smallest absolute Gasteiger partial charge is 0.258 e. The molecule has 0 radical (unpaired) electrons. The fourth-order valence-corrected chi connectivity index (χ4v) is 1.76. The molecule has 0 aliphatic carbocycles. The number of carbonyl (C=O) groups excluding carboxylic acids is 1. The van der Waals surface area contributed by atoms with Gasteiger partial charge in [-0.15, -0.1) is 0 Å². The van der Waals surface area contributed by atoms with Crippen molar-refractivity contribution in [3.63, 3.8) is 0 Å². The van der Waals surface area contributed by atoms with Gasteiger partial charge in [0.1, 0.15) is 11.6 Å². The highest BCUT2D eigenvalue weighted by Crippen LogP contribution is 2.24. The second-order valence-corrected chi connectivity index (χ2v) is 4.12. The lowest BCUT2D eigenvalue weighted by atomic mass is 10.1. The molecule has 0 bridgehead atoms. The molecule has 0 unspecified atom stereocenters. The normalized spacial score (nSPS) is 10.1. The number of rotatable bonds is 4. The van der Waals surface area contributed by atoms with Crippen molar-refractivity contribution in [2.24, 2.45) is 0 Å². The maximum atomic E-state index is 13.6. The van der Waals surface area contributed by atoms with Crippen LogP contribution in [0.2, 0.25) is 0 Å². The van der Waals surface area contributed by atoms with Crippen molar-refractivity contribution in [2.75, 3.05) is 17.7 Å². The van der Waals surface area contributed by atoms with Crippen molar-refractivity contribution in [3.8, 4) is 5.75 Å². The Morgan fingerprint density at radius 2 is 2.05 bits per heavy atom. The third-order valence-corrected chi connectivity index (χ3v) is 2.67. The number of hydrogen-bond donors (Lipinski definition) is 2. The van der Waals surface area contributed by atoms with Crippen LogP contribution in [0.3, 0.4) is 0 Å². The molecule has 0 aromatic heterocycles. The van der Waals surface area contributed by atoms with E-state index in [1.807, 2.05) is 6.92 Å². The largest absolute Gasteiger partial charge is 0.492 e. The second-order valence-electron chi connectivity index (χ2n) is 4.12. The lowest BCUT2D eigenvalue weighted by molar-refractivity contribution is 0.102. The molecule has 0 spiro atoms. The van der Waals surface area contributed by atoms with Gasteiger partial charge < -0.3 is 15.8 Å². The molecule has 0 saturated carbocycles. The van der Waals surface area contributed by atoms with E-state index in [1.54, 1.807) is 24.3 Å². The molecule has 2 rings (SSSR count). The van der Waals surface area contributed by atoms with Crippen LogP contribution >= 0.6 is 0 Å². The van der Waals surface area contributed by atoms with E-state index in [4.69, 9.17) is 10.5 Å². The van der Waals surface area contributed by atoms with Crippen molar-refractivity contribution >= 4 is 17.3 Å². The van der Waals surface area contributed by atoms with Crippen LogP contribution in [0.4, 0.5) is 15.8 Å². The predicted octanol–water partition coefficient (Wildman–Crippen LogP) is 3.06. The van der Waals surface area contributed by atoms with E-state index in [1.165, 1.54) is 18.2 Å². The molecule has 1 amide bonds. The standard InChI is InChI=1S/C15H15FN2O2/c1-2-20-14-6-4-3-5-13(14)18-15(19)11-9-10(17)7-8-12(11)16/h3-9H,2,17H2,1H3,(H,18,19). The maximum absolute atomic E-state index is 13.6. The summed E-state index contributed by atoms with van der Waals surface area (Å²) in [4.78, 5) is 12.1. The minimum atomic E-state index is -0.620. The van der Waals surface area contributed by atoms with Gasteiger partial charge in [0, 0.05) is 5.69 Å². The summed E-state index contributed by atoms with van der Waals surface area (Å²) in [5, 5.41) is 2.62. The highest BCUT2D eigenvalue weighted by atomic mass is 19.1. The molecule has 0 aliphatic heterocycles. The zero-order valence-corrected chi connectivity index (χ0v) is 11.0. The highest BCUT2D eigenvalue weighted by Gasteiger charge is 2.14. The van der Waals surface area contributed by atoms with Crippen molar-refractivity contribution in [2.45, 2.75) is 6.92 Å². The molecular weight excluding hydrogens is 259 g/mol. The molecular formula is C15H15FN2O2. The SMILES string of the molecule is CCOc1ccccc1NC(=O)c1cc(N)ccc1F. The monoisotopic (exact) mass is 274 g/mol. The second kappa shape index (κ2) is 6.06. The molecule has 0 saturated heterocycles. The molecule has 2 aromatic rings. The number of para-hydroxylation sites is 2. The van der Waals surface area contributed by atoms with Gasteiger partial charge in [0.05, 0.1) is 17.9 Å². The van der Waals surface area contributed by atoms with Gasteiger partial charge >= 0.3 is 0 Å². The van der Waals surface area contributed by atoms with Gasteiger partial charge in [0.25, 0.3) is 5.91 Å². The third-order valence-electron chi connectivity index (χ3n) is 2.67. The Labute approximate surface area is 116 Å². The van der Waals surface area contributed by atoms with Crippen LogP contribution in [0, 0.1) is 5.82 Å². The Morgan fingerprint density at radius 1 is 1.30 bits per heavy atom. The number of hydrogen-bond acceptors (Lipinski definition) is 3. The summed E-state index contributed by atoms with van der Waals surface area (Å²) in [5.74, 6) is -0.653. The number of anilines is 2. The number of benzene rings is 2. The highest BCUT2D eigenvalue weighted by molar-refractivity contribution is 6.05. The fourth-order valence-electron chi connectivity index (χ4n) is 1.76. The summed E-state index contributed by atoms with van der Waals surface area (Å²) < 4.78 is 19.0. The topological polar surface area (TPSA) is 64.3 Å². The van der Waals surface area contributed by atoms with E-state index in [2.05, 4.69) is 5.32 Å². The first-order valence-corrected chi connectivity index (χ1v) is 6.20. The Balaban J connectivity index is 2.26. The maximum Gasteiger partial charge on any atom is 0.258 e. The van der Waals surface area contributed by atoms with Crippen molar-refractivity contribution < 1.29 is 13.9 Å². The number of carbonyl (C=O) groups is 1. The van der Waals surface area contributed by atoms with Gasteiger partial charge in [-0.1, -0.05) is 12.1 Å². The summed E-state index contributed by atoms with van der Waals surface area (Å²) in [6.07, 6.45) is 0. The fraction of sp³-hybridized carbons (Fsp3) is 0.133. The first-order chi connectivity index (χ1) is 9.61. The van der Waals surface area contributed by atoms with Crippen LogP contribution in [-0.2, 0) is 0 Å². The summed E-state index contributed by atoms with van der Waals surface area (Å²) in [5.41, 5.74) is 6.28. The predicted molar refractivity (Wildman–Crippen MR) is 76.4 cm³/mol. The number of amides is 1. The van der Waals surface area contributed by atoms with E-state index < -0.39 is 11.7 Å². The minimum absolute atomic E-state index is 0.101. The number of nitrogens with one attached hydrogen (secondary N) is 1. The molecule has 0 heterocycles. The lowest BCUT2D eigenvalue weighted by Gasteiger charge is -2.11. The van der Waals surface area contributed by atoms with Crippen molar-refractivity contribution in [1.82, 2.24) is 0 Å². The van der Waals surface area contributed by atoms with E-state index in [0.717, 1.165) is 0 Å². The molecule has 3 N–H and O–H groups in total. The first kappa shape index (κ1) is 13.9. The summed E-state index contributed by atoms with van der Waals surface area (Å²) in [7, 11) is 0. The van der Waals surface area contributed by atoms with Gasteiger partial charge in [-0.2, -0.15) is 0 Å². The van der Waals surface area contributed by atoms with Crippen LogP contribution in [0.25, 0.3) is 0 Å². The first-order valence-electron chi connectivity index (χ1n) is 6.20. The zero-order chi connectivity index (χ0) is 14.5. The average Bonchev–Trinajstić information content (AvgIpc) is 2.44. The van der Waals surface area contributed by atoms with Gasteiger partial charge in [0.2, 0.25) is 0 Å². The number of ether oxygens (including phenoxy) is 1. The molecule has 5 heteroatoms. The zero-order valence-electron chi connectivity index (χ0n) is 11.0. The number of nitrogens with two attached hydrogens (primary N) is 1. The van der Waals surface area contributed by atoms with Crippen LogP contribution in [0.1, 0.15) is 17.3 Å². The molecule has 20 heavy (non-hydrogen) atoms. The Morgan fingerprint density at radius 3 is 2.80 bits per heavy atom. The number of nitrogen functional groups attached to an aromatic ring is 1. The van der Waals surface area contributed by atoms with Gasteiger partial charge in [-0.05, 0) is 37.3 Å². The average molecular weight is 274 g/mol. The summed E-state index contributed by atoms with van der Waals surface area (Å²) >= 11 is 0. The van der Waals surface area contributed by atoms with E-state index >= 15 is 0 Å². The van der Waals surface area contributed by atoms with Gasteiger partial charge in [-0.3, -0.25) is 4.79 Å². The van der Waals surface area contributed by atoms with E-state index in [0.29, 0.717) is 23.7 Å². The van der Waals surface area contributed by atoms with E-state index in [9.17, 15) is 9.18 Å². The van der Waals surface area contributed by atoms with Gasteiger partial charge in [0.15, 0.2) is 0 Å². The minimum Gasteiger partial charge on any atom is -0.492 e. The summed E-state index contributed by atoms with van der Waals surface area (Å²) in [6, 6.07) is 10.8. The van der Waals surface area contributed by atoms with Gasteiger partial charge in [-0.25, -0.2) is 4.39 Å². The lowest BCUT2D eigenvalue weighted by Crippen LogP contribution is -2.15. The molecule has 0 fully saturated rings. The van der Waals surface area contributed by atoms with Crippen LogP contribution in [0.5, 0.6) is 5.75 Å². The third kappa shape index (κ3) is 3.06.